The standard InChI is InChI=1S/C23H20N6O3S/c30-23(27-14-12-26(13-15-27)18-9-4-5-10-19(18)29(31)32)21-24-22(20-11-6-16-33-20)28(25-21)17-7-2-1-3-8-17/h1-11,16H,12-15H2. The molecule has 1 fully saturated rings. The third kappa shape index (κ3) is 4.08. The van der Waals surface area contributed by atoms with Crippen LogP contribution in [-0.4, -0.2) is 56.7 Å². The molecule has 0 atom stereocenters. The average Bonchev–Trinajstić information content (AvgIpc) is 3.54. The Bertz CT molecular complexity index is 1280. The summed E-state index contributed by atoms with van der Waals surface area (Å²) in [6.07, 6.45) is 0. The van der Waals surface area contributed by atoms with Crippen LogP contribution >= 0.6 is 11.3 Å². The van der Waals surface area contributed by atoms with Gasteiger partial charge in [0.15, 0.2) is 5.82 Å². The first kappa shape index (κ1) is 20.8. The average molecular weight is 461 g/mol. The second-order valence-corrected chi connectivity index (χ2v) is 8.46. The van der Waals surface area contributed by atoms with Crippen molar-refractivity contribution in [3.63, 3.8) is 0 Å². The van der Waals surface area contributed by atoms with Crippen molar-refractivity contribution in [3.8, 4) is 16.4 Å². The third-order valence-electron chi connectivity index (χ3n) is 5.53. The van der Waals surface area contributed by atoms with Crippen molar-refractivity contribution in [3.05, 3.63) is 88.0 Å². The Morgan fingerprint density at radius 3 is 2.36 bits per heavy atom. The van der Waals surface area contributed by atoms with Crippen LogP contribution in [0, 0.1) is 10.1 Å². The number of hydrogen-bond donors (Lipinski definition) is 0. The van der Waals surface area contributed by atoms with Gasteiger partial charge in [0, 0.05) is 32.2 Å². The number of aromatic nitrogens is 3. The minimum absolute atomic E-state index is 0.0705. The van der Waals surface area contributed by atoms with Crippen LogP contribution < -0.4 is 4.90 Å². The van der Waals surface area contributed by atoms with Crippen molar-refractivity contribution in [1.82, 2.24) is 19.7 Å². The number of nitrogens with zero attached hydrogens (tertiary/aromatic N) is 6. The van der Waals surface area contributed by atoms with E-state index in [1.54, 1.807) is 27.8 Å². The Morgan fingerprint density at radius 2 is 1.67 bits per heavy atom. The molecule has 0 N–H and O–H groups in total. The number of hydrogen-bond acceptors (Lipinski definition) is 7. The first-order valence-corrected chi connectivity index (χ1v) is 11.3. The van der Waals surface area contributed by atoms with Gasteiger partial charge in [-0.05, 0) is 29.6 Å². The van der Waals surface area contributed by atoms with Crippen molar-refractivity contribution in [2.75, 3.05) is 31.1 Å². The lowest BCUT2D eigenvalue weighted by molar-refractivity contribution is -0.384. The summed E-state index contributed by atoms with van der Waals surface area (Å²) in [6.45, 7) is 1.85. The summed E-state index contributed by atoms with van der Waals surface area (Å²) in [5.74, 6) is 0.518. The van der Waals surface area contributed by atoms with Crippen LogP contribution in [0.1, 0.15) is 10.6 Å². The van der Waals surface area contributed by atoms with Crippen LogP contribution in [0.25, 0.3) is 16.4 Å². The predicted octanol–water partition coefficient (Wildman–Crippen LogP) is 3.87. The van der Waals surface area contributed by atoms with Crippen molar-refractivity contribution < 1.29 is 9.72 Å². The third-order valence-corrected chi connectivity index (χ3v) is 6.39. The summed E-state index contributed by atoms with van der Waals surface area (Å²) in [4.78, 5) is 33.4. The highest BCUT2D eigenvalue weighted by Gasteiger charge is 2.29. The monoisotopic (exact) mass is 460 g/mol. The molecule has 0 spiro atoms. The topological polar surface area (TPSA) is 97.4 Å². The first-order valence-electron chi connectivity index (χ1n) is 10.5. The Morgan fingerprint density at radius 1 is 0.939 bits per heavy atom. The molecular weight excluding hydrogens is 440 g/mol. The highest BCUT2D eigenvalue weighted by atomic mass is 32.1. The Balaban J connectivity index is 1.37. The van der Waals surface area contributed by atoms with Gasteiger partial charge in [0.1, 0.15) is 5.69 Å². The molecule has 4 aromatic rings. The number of piperazine rings is 1. The quantitative estimate of drug-likeness (QED) is 0.331. The van der Waals surface area contributed by atoms with E-state index < -0.39 is 0 Å². The second-order valence-electron chi connectivity index (χ2n) is 7.51. The molecular formula is C23H20N6O3S. The fraction of sp³-hybridized carbons (Fsp3) is 0.174. The molecule has 10 heteroatoms. The summed E-state index contributed by atoms with van der Waals surface area (Å²) >= 11 is 1.54. The zero-order valence-corrected chi connectivity index (χ0v) is 18.4. The van der Waals surface area contributed by atoms with Crippen LogP contribution in [0.15, 0.2) is 72.1 Å². The SMILES string of the molecule is O=C(c1nc(-c2cccs2)n(-c2ccccc2)n1)N1CCN(c2ccccc2[N+](=O)[O-])CC1. The maximum absolute atomic E-state index is 13.2. The van der Waals surface area contributed by atoms with Gasteiger partial charge in [0.2, 0.25) is 5.82 Å². The Kier molecular flexibility index (Phi) is 5.57. The molecule has 1 aliphatic heterocycles. The van der Waals surface area contributed by atoms with E-state index in [-0.39, 0.29) is 22.3 Å². The van der Waals surface area contributed by atoms with E-state index in [1.807, 2.05) is 52.7 Å². The van der Waals surface area contributed by atoms with E-state index in [4.69, 9.17) is 0 Å². The van der Waals surface area contributed by atoms with Crippen LogP contribution in [0.4, 0.5) is 11.4 Å². The van der Waals surface area contributed by atoms with Gasteiger partial charge in [-0.3, -0.25) is 14.9 Å². The summed E-state index contributed by atoms with van der Waals surface area (Å²) in [6, 6.07) is 20.2. The summed E-state index contributed by atoms with van der Waals surface area (Å²) in [5, 5.41) is 17.9. The first-order chi connectivity index (χ1) is 16.1. The zero-order valence-electron chi connectivity index (χ0n) is 17.6. The Hall–Kier alpha value is -4.05. The maximum Gasteiger partial charge on any atom is 0.293 e. The lowest BCUT2D eigenvalue weighted by Crippen LogP contribution is -2.49. The summed E-state index contributed by atoms with van der Waals surface area (Å²) in [7, 11) is 0. The molecule has 0 unspecified atom stereocenters. The molecule has 2 aromatic heterocycles. The number of anilines is 1. The smallest absolute Gasteiger partial charge is 0.293 e. The van der Waals surface area contributed by atoms with Crippen LogP contribution in [0.2, 0.25) is 0 Å². The normalized spacial score (nSPS) is 13.8. The number of nitro groups is 1. The van der Waals surface area contributed by atoms with E-state index >= 15 is 0 Å². The van der Waals surface area contributed by atoms with Crippen molar-refractivity contribution in [2.24, 2.45) is 0 Å². The molecule has 2 aromatic carbocycles. The molecule has 0 radical (unpaired) electrons. The van der Waals surface area contributed by atoms with Gasteiger partial charge in [-0.15, -0.1) is 16.4 Å². The molecule has 1 amide bonds. The van der Waals surface area contributed by atoms with E-state index in [0.717, 1.165) is 10.6 Å². The Labute approximate surface area is 193 Å². The van der Waals surface area contributed by atoms with Gasteiger partial charge in [0.05, 0.1) is 15.5 Å². The predicted molar refractivity (Wildman–Crippen MR) is 126 cm³/mol. The number of carbonyl (C=O) groups excluding carboxylic acids is 1. The summed E-state index contributed by atoms with van der Waals surface area (Å²) < 4.78 is 1.70. The summed E-state index contributed by atoms with van der Waals surface area (Å²) in [5.41, 5.74) is 1.47. The van der Waals surface area contributed by atoms with Crippen LogP contribution in [0.3, 0.4) is 0 Å². The molecule has 0 saturated carbocycles. The molecule has 1 saturated heterocycles. The fourth-order valence-corrected chi connectivity index (χ4v) is 4.59. The molecule has 5 rings (SSSR count). The van der Waals surface area contributed by atoms with Gasteiger partial charge in [0.25, 0.3) is 11.6 Å². The highest BCUT2D eigenvalue weighted by Crippen LogP contribution is 2.29. The van der Waals surface area contributed by atoms with Gasteiger partial charge in [-0.1, -0.05) is 36.4 Å². The van der Waals surface area contributed by atoms with E-state index in [9.17, 15) is 14.9 Å². The molecule has 3 heterocycles. The number of thiophene rings is 1. The van der Waals surface area contributed by atoms with Crippen molar-refractivity contribution in [1.29, 1.82) is 0 Å². The molecule has 33 heavy (non-hydrogen) atoms. The fourth-order valence-electron chi connectivity index (χ4n) is 3.90. The van der Waals surface area contributed by atoms with Crippen molar-refractivity contribution >= 4 is 28.6 Å². The van der Waals surface area contributed by atoms with Crippen molar-refractivity contribution in [2.45, 2.75) is 0 Å². The lowest BCUT2D eigenvalue weighted by atomic mass is 10.2. The molecule has 0 bridgehead atoms. The number of para-hydroxylation sites is 3. The largest absolute Gasteiger partial charge is 0.362 e. The molecule has 166 valence electrons. The van der Waals surface area contributed by atoms with Gasteiger partial charge < -0.3 is 9.80 Å². The van der Waals surface area contributed by atoms with Gasteiger partial charge >= 0.3 is 0 Å². The number of carbonyl (C=O) groups is 1. The van der Waals surface area contributed by atoms with Crippen LogP contribution in [-0.2, 0) is 0 Å². The minimum atomic E-state index is -0.376. The number of amides is 1. The molecule has 9 nitrogen and oxygen atoms in total. The second kappa shape index (κ2) is 8.83. The maximum atomic E-state index is 13.2. The van der Waals surface area contributed by atoms with E-state index in [2.05, 4.69) is 10.1 Å². The van der Waals surface area contributed by atoms with E-state index in [0.29, 0.717) is 37.7 Å². The number of nitro benzene ring substituents is 1. The minimum Gasteiger partial charge on any atom is -0.362 e. The molecule has 1 aliphatic rings. The van der Waals surface area contributed by atoms with E-state index in [1.165, 1.54) is 17.4 Å². The highest BCUT2D eigenvalue weighted by molar-refractivity contribution is 7.13. The van der Waals surface area contributed by atoms with Gasteiger partial charge in [-0.25, -0.2) is 9.67 Å². The number of rotatable bonds is 5. The van der Waals surface area contributed by atoms with Gasteiger partial charge in [-0.2, -0.15) is 0 Å². The molecule has 0 aliphatic carbocycles. The number of benzene rings is 2. The van der Waals surface area contributed by atoms with Crippen LogP contribution in [0.5, 0.6) is 0 Å². The lowest BCUT2D eigenvalue weighted by Gasteiger charge is -2.35. The zero-order chi connectivity index (χ0) is 22.8.